The quantitative estimate of drug-likeness (QED) is 0.175. The molecule has 2 nitrogen and oxygen atoms in total. The van der Waals surface area contributed by atoms with Crippen LogP contribution in [0.4, 0.5) is 11.4 Å². The van der Waals surface area contributed by atoms with Crippen LogP contribution in [0, 0.1) is 11.8 Å². The van der Waals surface area contributed by atoms with E-state index in [1.54, 1.807) is 0 Å². The van der Waals surface area contributed by atoms with E-state index in [1.807, 2.05) is 0 Å². The van der Waals surface area contributed by atoms with Crippen molar-refractivity contribution in [2.24, 2.45) is 11.8 Å². The second-order valence-electron chi connectivity index (χ2n) is 16.3. The third-order valence-corrected chi connectivity index (χ3v) is 13.4. The summed E-state index contributed by atoms with van der Waals surface area (Å²) in [7, 11) is 0. The third-order valence-electron chi connectivity index (χ3n) is 13.4. The van der Waals surface area contributed by atoms with E-state index in [-0.39, 0.29) is 0 Å². The van der Waals surface area contributed by atoms with E-state index >= 15 is 0 Å². The summed E-state index contributed by atoms with van der Waals surface area (Å²) in [6.45, 7) is 0. The fourth-order valence-corrected chi connectivity index (χ4v) is 11.0. The van der Waals surface area contributed by atoms with Crippen LogP contribution >= 0.6 is 0 Å². The van der Waals surface area contributed by atoms with Crippen LogP contribution in [0.3, 0.4) is 0 Å². The van der Waals surface area contributed by atoms with Gasteiger partial charge in [0.05, 0.1) is 11.1 Å². The molecule has 0 saturated heterocycles. The van der Waals surface area contributed by atoms with Crippen LogP contribution in [-0.4, -0.2) is 0 Å². The molecule has 1 spiro atoms. The number of rotatable bonds is 5. The van der Waals surface area contributed by atoms with Crippen LogP contribution in [-0.2, 0) is 5.41 Å². The minimum Gasteiger partial charge on any atom is -0.455 e. The summed E-state index contributed by atoms with van der Waals surface area (Å²) < 4.78 is 6.86. The molecule has 1 saturated carbocycles. The average Bonchev–Trinajstić information content (AvgIpc) is 3.82. The van der Waals surface area contributed by atoms with Crippen LogP contribution < -0.4 is 4.90 Å². The minimum atomic E-state index is -0.562. The van der Waals surface area contributed by atoms with Gasteiger partial charge in [0.25, 0.3) is 0 Å². The SMILES string of the molecule is C1=C(c2ccccc2)C2CC2C(N(c2ccc(-c3ccccc3)cc2)c2cccc3c2C2(c4ccccc4-3)c3ccccc3-c3c2ccc2c3oc3ccccc32)=C1. The van der Waals surface area contributed by atoms with Crippen molar-refractivity contribution in [1.29, 1.82) is 0 Å². The molecule has 8 aromatic carbocycles. The van der Waals surface area contributed by atoms with Gasteiger partial charge in [-0.25, -0.2) is 0 Å². The molecule has 1 aromatic heterocycles. The zero-order valence-corrected chi connectivity index (χ0v) is 31.8. The van der Waals surface area contributed by atoms with Crippen molar-refractivity contribution in [2.45, 2.75) is 11.8 Å². The summed E-state index contributed by atoms with van der Waals surface area (Å²) in [4.78, 5) is 2.62. The third kappa shape index (κ3) is 4.27. The fraction of sp³-hybridized carbons (Fsp3) is 0.0714. The highest BCUT2D eigenvalue weighted by Crippen LogP contribution is 2.67. The summed E-state index contributed by atoms with van der Waals surface area (Å²) in [5, 5.41) is 2.32. The zero-order valence-electron chi connectivity index (χ0n) is 31.8. The Hall–Kier alpha value is -7.16. The monoisotopic (exact) mass is 739 g/mol. The zero-order chi connectivity index (χ0) is 38.0. The predicted octanol–water partition coefficient (Wildman–Crippen LogP) is 14.4. The van der Waals surface area contributed by atoms with Crippen LogP contribution in [0.15, 0.2) is 210 Å². The van der Waals surface area contributed by atoms with Gasteiger partial charge in [0, 0.05) is 39.2 Å². The van der Waals surface area contributed by atoms with E-state index in [0.29, 0.717) is 11.8 Å². The topological polar surface area (TPSA) is 16.4 Å². The number of furan rings is 1. The van der Waals surface area contributed by atoms with Gasteiger partial charge in [-0.2, -0.15) is 0 Å². The van der Waals surface area contributed by atoms with Gasteiger partial charge in [-0.1, -0.05) is 170 Å². The number of hydrogen-bond donors (Lipinski definition) is 0. The molecule has 9 aromatic rings. The Bertz CT molecular complexity index is 3200. The number of allylic oxidation sites excluding steroid dienone is 4. The average molecular weight is 740 g/mol. The van der Waals surface area contributed by atoms with Crippen molar-refractivity contribution in [3.05, 3.63) is 234 Å². The second-order valence-corrected chi connectivity index (χ2v) is 16.3. The Labute approximate surface area is 337 Å². The largest absolute Gasteiger partial charge is 0.455 e. The molecule has 0 N–H and O–H groups in total. The summed E-state index contributed by atoms with van der Waals surface area (Å²) >= 11 is 0. The number of nitrogens with zero attached hydrogens (tertiary/aromatic N) is 1. The standard InChI is InChI=1S/C56H37NO/c1-3-14-35(15-4-1)36-26-28-38(29-27-36)57(50-33-31-39(45-34-46(45)50)37-16-5-2-6-17-37)51-24-13-21-42-40-18-7-10-22-47(40)56(54(42)51)48-23-11-8-20-44(48)53-49(56)32-30-43-41-19-9-12-25-52(41)58-55(43)53/h1-33,45-46H,34H2. The molecule has 3 atom stereocenters. The Morgan fingerprint density at radius 1 is 0.466 bits per heavy atom. The lowest BCUT2D eigenvalue weighted by Gasteiger charge is -2.37. The summed E-state index contributed by atoms with van der Waals surface area (Å²) in [5.74, 6) is 0.911. The Morgan fingerprint density at radius 3 is 1.93 bits per heavy atom. The van der Waals surface area contributed by atoms with E-state index in [2.05, 4.69) is 205 Å². The lowest BCUT2D eigenvalue weighted by atomic mass is 9.69. The van der Waals surface area contributed by atoms with Gasteiger partial charge >= 0.3 is 0 Å². The van der Waals surface area contributed by atoms with Gasteiger partial charge in [0.2, 0.25) is 0 Å². The maximum absolute atomic E-state index is 6.86. The van der Waals surface area contributed by atoms with Crippen molar-refractivity contribution in [1.82, 2.24) is 0 Å². The molecule has 0 bridgehead atoms. The van der Waals surface area contributed by atoms with E-state index in [9.17, 15) is 0 Å². The molecular weight excluding hydrogens is 703 g/mol. The molecular formula is C56H37NO. The molecule has 0 radical (unpaired) electrons. The van der Waals surface area contributed by atoms with E-state index in [4.69, 9.17) is 4.42 Å². The van der Waals surface area contributed by atoms with Gasteiger partial charge < -0.3 is 9.32 Å². The number of fused-ring (bicyclic) bond motifs is 15. The molecule has 0 aliphatic heterocycles. The van der Waals surface area contributed by atoms with Gasteiger partial charge in [0.15, 0.2) is 0 Å². The van der Waals surface area contributed by atoms with Crippen molar-refractivity contribution < 1.29 is 4.42 Å². The summed E-state index contributed by atoms with van der Waals surface area (Å²) in [6, 6.07) is 69.3. The van der Waals surface area contributed by atoms with E-state index in [0.717, 1.165) is 28.4 Å². The molecule has 1 fully saturated rings. The smallest absolute Gasteiger partial charge is 0.143 e. The van der Waals surface area contributed by atoms with Crippen LogP contribution in [0.5, 0.6) is 0 Å². The number of para-hydroxylation sites is 1. The van der Waals surface area contributed by atoms with Gasteiger partial charge in [-0.05, 0) is 98.3 Å². The highest BCUT2D eigenvalue weighted by Gasteiger charge is 2.55. The first-order valence-electron chi connectivity index (χ1n) is 20.5. The fourth-order valence-electron chi connectivity index (χ4n) is 11.0. The molecule has 1 heterocycles. The van der Waals surface area contributed by atoms with Gasteiger partial charge in [-0.3, -0.25) is 0 Å². The second kappa shape index (κ2) is 11.9. The molecule has 2 heteroatoms. The molecule has 0 amide bonds. The summed E-state index contributed by atoms with van der Waals surface area (Å²) in [5.41, 5.74) is 20.6. The Balaban J connectivity index is 1.10. The highest BCUT2D eigenvalue weighted by atomic mass is 16.3. The first-order valence-corrected chi connectivity index (χ1v) is 20.5. The van der Waals surface area contributed by atoms with Crippen molar-refractivity contribution in [3.63, 3.8) is 0 Å². The number of anilines is 2. The van der Waals surface area contributed by atoms with Crippen molar-refractivity contribution in [2.75, 3.05) is 4.90 Å². The molecule has 3 unspecified atom stereocenters. The molecule has 58 heavy (non-hydrogen) atoms. The molecule has 4 aliphatic carbocycles. The van der Waals surface area contributed by atoms with Crippen LogP contribution in [0.2, 0.25) is 0 Å². The molecule has 13 rings (SSSR count). The van der Waals surface area contributed by atoms with Gasteiger partial charge in [0.1, 0.15) is 11.2 Å². The summed E-state index contributed by atoms with van der Waals surface area (Å²) in [6.07, 6.45) is 5.96. The van der Waals surface area contributed by atoms with Crippen molar-refractivity contribution in [3.8, 4) is 33.4 Å². The van der Waals surface area contributed by atoms with E-state index in [1.165, 1.54) is 83.8 Å². The maximum atomic E-state index is 6.86. The Morgan fingerprint density at radius 2 is 1.12 bits per heavy atom. The molecule has 4 aliphatic rings. The first kappa shape index (κ1) is 32.0. The normalized spacial score (nSPS) is 19.2. The first-order chi connectivity index (χ1) is 28.8. The lowest BCUT2D eigenvalue weighted by Crippen LogP contribution is -2.30. The number of benzene rings is 8. The van der Waals surface area contributed by atoms with Gasteiger partial charge in [-0.15, -0.1) is 0 Å². The van der Waals surface area contributed by atoms with Crippen LogP contribution in [0.1, 0.15) is 34.2 Å². The predicted molar refractivity (Wildman–Crippen MR) is 238 cm³/mol. The van der Waals surface area contributed by atoms with Crippen LogP contribution in [0.25, 0.3) is 60.9 Å². The lowest BCUT2D eigenvalue weighted by molar-refractivity contribution is 0.669. The molecule has 272 valence electrons. The van der Waals surface area contributed by atoms with E-state index < -0.39 is 5.41 Å². The maximum Gasteiger partial charge on any atom is 0.143 e. The minimum absolute atomic E-state index is 0.419. The Kier molecular flexibility index (Phi) is 6.58. The number of hydrogen-bond acceptors (Lipinski definition) is 2. The van der Waals surface area contributed by atoms with Crippen molar-refractivity contribution >= 4 is 38.9 Å². The highest BCUT2D eigenvalue weighted by molar-refractivity contribution is 6.13.